The molecule has 0 aromatic rings. The molecule has 0 spiro atoms. The highest BCUT2D eigenvalue weighted by molar-refractivity contribution is 5.81. The molecule has 4 nitrogen and oxygen atoms in total. The van der Waals surface area contributed by atoms with Crippen LogP contribution in [-0.4, -0.2) is 42.1 Å². The predicted molar refractivity (Wildman–Crippen MR) is 85.8 cm³/mol. The number of nitrogens with zero attached hydrogens (tertiary/aromatic N) is 1. The molecule has 2 bridgehead atoms. The van der Waals surface area contributed by atoms with E-state index in [1.807, 2.05) is 24.3 Å². The zero-order chi connectivity index (χ0) is 15.7. The number of rotatable bonds is 4. The summed E-state index contributed by atoms with van der Waals surface area (Å²) in [7, 11) is 2.20. The van der Waals surface area contributed by atoms with Crippen molar-refractivity contribution < 1.29 is 9.53 Å². The minimum absolute atomic E-state index is 0.198. The summed E-state index contributed by atoms with van der Waals surface area (Å²) in [5, 5.41) is 0. The Bertz CT molecular complexity index is 534. The van der Waals surface area contributed by atoms with Gasteiger partial charge in [-0.2, -0.15) is 0 Å². The number of hydrogen-bond acceptors (Lipinski definition) is 3. The zero-order valence-electron chi connectivity index (χ0n) is 13.1. The van der Waals surface area contributed by atoms with E-state index in [0.29, 0.717) is 12.1 Å². The summed E-state index contributed by atoms with van der Waals surface area (Å²) in [6, 6.07) is 1.14. The van der Waals surface area contributed by atoms with Crippen molar-refractivity contribution in [3.8, 4) is 12.3 Å². The molecule has 4 atom stereocenters. The topological polar surface area (TPSA) is 55.6 Å². The standard InChI is InChI=1S/C18H24N2O2/c1-3-10-22-18(9-5-4-6-16(18)17(19)21)13-11-14-7-8-15(12-13)20(14)2/h1,4-6,9,13-16H,7-8,10-12H2,2H3,(H2,19,21). The summed E-state index contributed by atoms with van der Waals surface area (Å²) in [5.41, 5.74) is 4.98. The second-order valence-electron chi connectivity index (χ2n) is 6.69. The molecule has 22 heavy (non-hydrogen) atoms. The summed E-state index contributed by atoms with van der Waals surface area (Å²) in [5.74, 6) is 2.02. The molecule has 1 aliphatic carbocycles. The normalized spacial score (nSPS) is 40.5. The van der Waals surface area contributed by atoms with Crippen LogP contribution in [0.15, 0.2) is 24.3 Å². The van der Waals surface area contributed by atoms with Crippen molar-refractivity contribution in [3.05, 3.63) is 24.3 Å². The Morgan fingerprint density at radius 2 is 2.09 bits per heavy atom. The summed E-state index contributed by atoms with van der Waals surface area (Å²) >= 11 is 0. The summed E-state index contributed by atoms with van der Waals surface area (Å²) in [4.78, 5) is 14.5. The van der Waals surface area contributed by atoms with Gasteiger partial charge in [0.1, 0.15) is 12.2 Å². The van der Waals surface area contributed by atoms with E-state index in [2.05, 4.69) is 17.9 Å². The van der Waals surface area contributed by atoms with Gasteiger partial charge in [-0.05, 0) is 38.6 Å². The average Bonchev–Trinajstić information content (AvgIpc) is 2.74. The number of amides is 1. The first-order valence-electron chi connectivity index (χ1n) is 8.03. The number of ether oxygens (including phenoxy) is 1. The number of allylic oxidation sites excluding steroid dienone is 2. The molecule has 2 N–H and O–H groups in total. The lowest BCUT2D eigenvalue weighted by atomic mass is 9.68. The molecule has 1 amide bonds. The minimum atomic E-state index is -0.685. The van der Waals surface area contributed by atoms with Crippen molar-refractivity contribution >= 4 is 5.91 Å². The fourth-order valence-electron chi connectivity index (χ4n) is 4.54. The Kier molecular flexibility index (Phi) is 4.12. The lowest BCUT2D eigenvalue weighted by Crippen LogP contribution is -2.55. The molecule has 3 rings (SSSR count). The molecule has 3 aliphatic rings. The number of carbonyl (C=O) groups excluding carboxylic acids is 1. The maximum absolute atomic E-state index is 12.0. The Morgan fingerprint density at radius 3 is 2.68 bits per heavy atom. The third-order valence-electron chi connectivity index (χ3n) is 5.71. The highest BCUT2D eigenvalue weighted by Crippen LogP contribution is 2.47. The molecular formula is C18H24N2O2. The van der Waals surface area contributed by atoms with Crippen LogP contribution in [0.4, 0.5) is 0 Å². The van der Waals surface area contributed by atoms with Gasteiger partial charge in [-0.25, -0.2) is 0 Å². The third kappa shape index (κ3) is 2.39. The SMILES string of the molecule is C#CCOC1(C2CC3CCC(C2)N3C)C=CC=CC1C(N)=O. The van der Waals surface area contributed by atoms with Crippen LogP contribution in [0.5, 0.6) is 0 Å². The van der Waals surface area contributed by atoms with E-state index < -0.39 is 11.5 Å². The highest BCUT2D eigenvalue weighted by atomic mass is 16.5. The molecule has 118 valence electrons. The van der Waals surface area contributed by atoms with Crippen molar-refractivity contribution in [2.45, 2.75) is 43.4 Å². The Morgan fingerprint density at radius 1 is 1.41 bits per heavy atom. The van der Waals surface area contributed by atoms with E-state index in [1.54, 1.807) is 0 Å². The maximum Gasteiger partial charge on any atom is 0.227 e. The summed E-state index contributed by atoms with van der Waals surface area (Å²) in [6.07, 6.45) is 17.6. The number of primary amides is 1. The van der Waals surface area contributed by atoms with Crippen LogP contribution in [0, 0.1) is 24.2 Å². The Hall–Kier alpha value is -1.57. The first kappa shape index (κ1) is 15.3. The van der Waals surface area contributed by atoms with Gasteiger partial charge in [0, 0.05) is 12.1 Å². The van der Waals surface area contributed by atoms with Gasteiger partial charge in [0.15, 0.2) is 0 Å². The molecular weight excluding hydrogens is 276 g/mol. The van der Waals surface area contributed by atoms with Crippen molar-refractivity contribution in [3.63, 3.8) is 0 Å². The summed E-state index contributed by atoms with van der Waals surface area (Å²) < 4.78 is 6.10. The maximum atomic E-state index is 12.0. The lowest BCUT2D eigenvalue weighted by Gasteiger charge is -2.48. The van der Waals surface area contributed by atoms with Crippen LogP contribution in [0.2, 0.25) is 0 Å². The van der Waals surface area contributed by atoms with E-state index >= 15 is 0 Å². The number of nitrogens with two attached hydrogens (primary N) is 1. The van der Waals surface area contributed by atoms with Gasteiger partial charge in [-0.1, -0.05) is 30.2 Å². The Labute approximate surface area is 132 Å². The van der Waals surface area contributed by atoms with Gasteiger partial charge in [0.25, 0.3) is 0 Å². The zero-order valence-corrected chi connectivity index (χ0v) is 13.1. The number of hydrogen-bond donors (Lipinski definition) is 1. The van der Waals surface area contributed by atoms with Crippen molar-refractivity contribution in [1.82, 2.24) is 4.90 Å². The molecule has 2 fully saturated rings. The molecule has 0 saturated carbocycles. The van der Waals surface area contributed by atoms with Gasteiger partial charge in [-0.15, -0.1) is 6.42 Å². The fourth-order valence-corrected chi connectivity index (χ4v) is 4.54. The Balaban J connectivity index is 1.93. The van der Waals surface area contributed by atoms with Gasteiger partial charge in [-0.3, -0.25) is 4.79 Å². The smallest absolute Gasteiger partial charge is 0.227 e. The molecule has 4 heteroatoms. The monoisotopic (exact) mass is 300 g/mol. The quantitative estimate of drug-likeness (QED) is 0.800. The molecule has 2 saturated heterocycles. The molecule has 2 aliphatic heterocycles. The summed E-state index contributed by atoms with van der Waals surface area (Å²) in [6.45, 7) is 0.198. The van der Waals surface area contributed by atoms with Crippen LogP contribution in [0.1, 0.15) is 25.7 Å². The molecule has 2 heterocycles. The second kappa shape index (κ2) is 5.91. The van der Waals surface area contributed by atoms with E-state index in [0.717, 1.165) is 12.8 Å². The van der Waals surface area contributed by atoms with Crippen molar-refractivity contribution in [2.75, 3.05) is 13.7 Å². The van der Waals surface area contributed by atoms with E-state index in [-0.39, 0.29) is 18.4 Å². The number of carbonyl (C=O) groups is 1. The van der Waals surface area contributed by atoms with Crippen LogP contribution in [0.25, 0.3) is 0 Å². The number of piperidine rings is 1. The van der Waals surface area contributed by atoms with Crippen molar-refractivity contribution in [2.24, 2.45) is 17.6 Å². The largest absolute Gasteiger partial charge is 0.369 e. The van der Waals surface area contributed by atoms with E-state index in [1.165, 1.54) is 12.8 Å². The first-order valence-corrected chi connectivity index (χ1v) is 8.03. The van der Waals surface area contributed by atoms with E-state index in [9.17, 15) is 4.79 Å². The van der Waals surface area contributed by atoms with Gasteiger partial charge < -0.3 is 15.4 Å². The van der Waals surface area contributed by atoms with Gasteiger partial charge in [0.2, 0.25) is 5.91 Å². The average molecular weight is 300 g/mol. The molecule has 0 radical (unpaired) electrons. The number of fused-ring (bicyclic) bond motifs is 2. The predicted octanol–water partition coefficient (Wildman–Crippen LogP) is 1.48. The third-order valence-corrected chi connectivity index (χ3v) is 5.71. The lowest BCUT2D eigenvalue weighted by molar-refractivity contribution is -0.136. The molecule has 0 aromatic carbocycles. The van der Waals surface area contributed by atoms with Crippen molar-refractivity contribution in [1.29, 1.82) is 0 Å². The van der Waals surface area contributed by atoms with Crippen LogP contribution in [-0.2, 0) is 9.53 Å². The second-order valence-corrected chi connectivity index (χ2v) is 6.69. The minimum Gasteiger partial charge on any atom is -0.369 e. The fraction of sp³-hybridized carbons (Fsp3) is 0.611. The highest BCUT2D eigenvalue weighted by Gasteiger charge is 2.52. The van der Waals surface area contributed by atoms with Crippen LogP contribution < -0.4 is 5.73 Å². The molecule has 0 aromatic heterocycles. The van der Waals surface area contributed by atoms with Crippen LogP contribution >= 0.6 is 0 Å². The molecule has 4 unspecified atom stereocenters. The first-order chi connectivity index (χ1) is 10.6. The van der Waals surface area contributed by atoms with Gasteiger partial charge in [0.05, 0.1) is 5.92 Å². The number of terminal acetylenes is 1. The van der Waals surface area contributed by atoms with E-state index in [4.69, 9.17) is 16.9 Å². The van der Waals surface area contributed by atoms with Gasteiger partial charge >= 0.3 is 0 Å². The van der Waals surface area contributed by atoms with Crippen LogP contribution in [0.3, 0.4) is 0 Å².